The highest BCUT2D eigenvalue weighted by Crippen LogP contribution is 2.54. The molecule has 0 amide bonds. The van der Waals surface area contributed by atoms with Crippen molar-refractivity contribution in [2.45, 2.75) is 0 Å². The Kier molecular flexibility index (Phi) is 18.0. The minimum atomic E-state index is -0.428. The number of hydrogen-bond acceptors (Lipinski definition) is 9. The van der Waals surface area contributed by atoms with Gasteiger partial charge in [-0.1, -0.05) is 334 Å². The number of hydrogen-bond donors (Lipinski definition) is 0. The highest BCUT2D eigenvalue weighted by atomic mass is 32.1. The Balaban J connectivity index is 0.000000103. The second kappa shape index (κ2) is 33.4. The quantitative estimate of drug-likeness (QED) is 0.128. The van der Waals surface area contributed by atoms with Crippen LogP contribution >= 0.6 is 45.3 Å². The van der Waals surface area contributed by atoms with E-state index in [1.165, 1.54) is 147 Å². The van der Waals surface area contributed by atoms with Gasteiger partial charge in [-0.3, -0.25) is 0 Å². The van der Waals surface area contributed by atoms with Crippen molar-refractivity contribution in [1.82, 2.24) is 0 Å². The summed E-state index contributed by atoms with van der Waals surface area (Å²) in [4.78, 5) is 6.72. The van der Waals surface area contributed by atoms with Crippen LogP contribution in [-0.2, 0) is 0 Å². The molecule has 26 aromatic carbocycles. The molecule has 145 heavy (non-hydrogen) atoms. The Morgan fingerprint density at radius 3 is 1.11 bits per heavy atom. The molecule has 0 radical (unpaired) electrons. The smallest absolute Gasteiger partial charge is 0.143 e. The van der Waals surface area contributed by atoms with Crippen LogP contribution in [0.2, 0.25) is 0 Å². The number of rotatable bonds is 10. The number of para-hydroxylation sites is 1. The van der Waals surface area contributed by atoms with Gasteiger partial charge < -0.3 is 23.5 Å². The molecule has 0 saturated carbocycles. The molecule has 6 heterocycles. The van der Waals surface area contributed by atoms with Gasteiger partial charge in [0, 0.05) is 164 Å². The van der Waals surface area contributed by atoms with E-state index >= 15 is 0 Å². The van der Waals surface area contributed by atoms with Crippen LogP contribution in [0.25, 0.3) is 243 Å². The van der Waals surface area contributed by atoms with E-state index in [2.05, 4.69) is 410 Å². The summed E-state index contributed by atoms with van der Waals surface area (Å²) in [6.07, 6.45) is 0. The maximum absolute atomic E-state index is 9.17. The van der Waals surface area contributed by atoms with Crippen LogP contribution in [0.5, 0.6) is 0 Å². The lowest BCUT2D eigenvalue weighted by atomic mass is 9.96. The van der Waals surface area contributed by atoms with E-state index in [9.17, 15) is 0 Å². The van der Waals surface area contributed by atoms with E-state index in [4.69, 9.17) is 15.7 Å². The van der Waals surface area contributed by atoms with Gasteiger partial charge in [0.05, 0.1) is 12.5 Å². The lowest BCUT2D eigenvalue weighted by Gasteiger charge is -2.27. The first kappa shape index (κ1) is 78.0. The second-order valence-corrected chi connectivity index (χ2v) is 41.8. The van der Waals surface area contributed by atoms with Crippen LogP contribution in [0, 0.1) is 0 Å². The summed E-state index contributed by atoms with van der Waals surface area (Å²) >= 11 is 7.37. The standard InChI is InChI=1S/C48H29NS2.C46H27NOS.C42H25NOS/c1-2-10-30(11-3-1)41-29-36(26-33-14-6-7-15-37(33)41)49(34-20-24-44-42(27-34)40-22-18-32-13-5-9-17-39(32)48(40)51-44)35-21-25-45-43(28-35)47-38-16-8-4-12-31(38)19-23-46(47)50-45;1-4-10-35-28(7-1)13-14-31-15-18-32(25-39(31)35)47(33-19-23-42-41(27-33)45-36-11-5-2-8-29(36)17-22-43(45)48-42)34-20-24-44-40(26-34)38-21-16-30-9-3-6-12-37(30)46(38)49-44;1-2-12-28(13-3-1)43(29-20-23-38-36(24-29)40-30-14-6-4-10-26(30)19-22-39(40)45-38)37-25-35-34-21-18-27-11-5-7-15-31(27)41(34)44-42(35)33-17-9-8-16-32(33)37/h1-29H;1-27H;1-25H/i;;1D,2D,3D,12D,13D. The third-order valence-corrected chi connectivity index (χ3v) is 34.2. The summed E-state index contributed by atoms with van der Waals surface area (Å²) < 4.78 is 67.3. The van der Waals surface area contributed by atoms with Crippen LogP contribution < -0.4 is 14.7 Å². The highest BCUT2D eigenvalue weighted by molar-refractivity contribution is 7.27. The summed E-state index contributed by atoms with van der Waals surface area (Å²) in [5.41, 5.74) is 14.0. The van der Waals surface area contributed by atoms with Crippen LogP contribution in [-0.4, -0.2) is 0 Å². The van der Waals surface area contributed by atoms with Gasteiger partial charge in [-0.05, 0) is 260 Å². The van der Waals surface area contributed by atoms with Crippen LogP contribution in [0.4, 0.5) is 51.2 Å². The van der Waals surface area contributed by atoms with Gasteiger partial charge in [0.1, 0.15) is 22.3 Å². The zero-order chi connectivity index (χ0) is 99.4. The van der Waals surface area contributed by atoms with Gasteiger partial charge in [-0.25, -0.2) is 0 Å². The summed E-state index contributed by atoms with van der Waals surface area (Å²) in [7, 11) is 0. The van der Waals surface area contributed by atoms with Crippen molar-refractivity contribution >= 4 is 329 Å². The molecule has 9 heteroatoms. The van der Waals surface area contributed by atoms with Gasteiger partial charge >= 0.3 is 0 Å². The first-order valence-electron chi connectivity index (χ1n) is 51.4. The van der Waals surface area contributed by atoms with Gasteiger partial charge in [0.15, 0.2) is 0 Å². The molecule has 32 rings (SSSR count). The Morgan fingerprint density at radius 2 is 0.538 bits per heavy atom. The molecule has 0 saturated heterocycles. The fraction of sp³-hybridized carbons (Fsp3) is 0. The molecule has 0 atom stereocenters. The zero-order valence-corrected chi connectivity index (χ0v) is 80.9. The van der Waals surface area contributed by atoms with Crippen molar-refractivity contribution in [3.8, 4) is 11.1 Å². The topological polar surface area (TPSA) is 36.0 Å². The minimum Gasteiger partial charge on any atom is -0.456 e. The summed E-state index contributed by atoms with van der Waals surface area (Å²) in [5.74, 6) is 0. The highest BCUT2D eigenvalue weighted by Gasteiger charge is 2.27. The second-order valence-electron chi connectivity index (χ2n) is 37.6. The van der Waals surface area contributed by atoms with E-state index < -0.39 is 6.04 Å². The predicted octanol–water partition coefficient (Wildman–Crippen LogP) is 41.9. The number of anilines is 9. The first-order chi connectivity index (χ1) is 73.9. The maximum atomic E-state index is 9.17. The van der Waals surface area contributed by atoms with Gasteiger partial charge in [-0.2, -0.15) is 0 Å². The number of nitrogens with zero attached hydrogens (tertiary/aromatic N) is 3. The van der Waals surface area contributed by atoms with Crippen molar-refractivity contribution in [2.24, 2.45) is 0 Å². The molecule has 0 fully saturated rings. The van der Waals surface area contributed by atoms with Crippen LogP contribution in [0.3, 0.4) is 0 Å². The average molecular weight is 1920 g/mol. The number of thiophene rings is 4. The third kappa shape index (κ3) is 13.6. The van der Waals surface area contributed by atoms with Crippen molar-refractivity contribution in [3.63, 3.8) is 0 Å². The van der Waals surface area contributed by atoms with Gasteiger partial charge in [0.25, 0.3) is 0 Å². The average Bonchev–Trinajstić information content (AvgIpc) is 1.58. The molecule has 5 nitrogen and oxygen atoms in total. The normalized spacial score (nSPS) is 12.5. The molecule has 0 N–H and O–H groups in total. The summed E-state index contributed by atoms with van der Waals surface area (Å²) in [6.45, 7) is 0. The summed E-state index contributed by atoms with van der Waals surface area (Å²) in [5, 5.41) is 37.8. The van der Waals surface area contributed by atoms with E-state index in [-0.39, 0.29) is 29.9 Å². The van der Waals surface area contributed by atoms with E-state index in [0.717, 1.165) is 130 Å². The molecule has 0 spiro atoms. The largest absolute Gasteiger partial charge is 0.456 e. The van der Waals surface area contributed by atoms with Crippen molar-refractivity contribution in [3.05, 3.63) is 491 Å². The molecule has 6 aromatic heterocycles. The molecular weight excluding hydrogens is 1840 g/mol. The molecule has 0 aliphatic carbocycles. The van der Waals surface area contributed by atoms with Crippen molar-refractivity contribution in [2.75, 3.05) is 14.7 Å². The van der Waals surface area contributed by atoms with Crippen LogP contribution in [0.15, 0.2) is 500 Å². The van der Waals surface area contributed by atoms with E-state index in [1.54, 1.807) is 11.3 Å². The molecule has 0 aliphatic rings. The fourth-order valence-corrected chi connectivity index (χ4v) is 27.5. The van der Waals surface area contributed by atoms with E-state index in [0.29, 0.717) is 11.4 Å². The van der Waals surface area contributed by atoms with E-state index in [1.807, 2.05) is 99.6 Å². The molecular formula is C136H81N3O2S4. The lowest BCUT2D eigenvalue weighted by Crippen LogP contribution is -2.10. The molecule has 0 aliphatic heterocycles. The maximum Gasteiger partial charge on any atom is 0.143 e. The molecule has 32 aromatic rings. The Bertz CT molecular complexity index is 11400. The predicted molar refractivity (Wildman–Crippen MR) is 630 cm³/mol. The van der Waals surface area contributed by atoms with Gasteiger partial charge in [0.2, 0.25) is 0 Å². The SMILES string of the molecule is [2H]c1c([2H])c([2H])c(N(c2ccc3sc4ccc5ccccc5c4c3c2)c2cc3c4ccc5ccccc5c4oc3c3ccccc23)c([2H])c1[2H].c1ccc(-c2cc(N(c3ccc4sc5c6ccccc6ccc5c4c3)c3ccc4sc5ccc6ccccc6c5c4c3)cc3ccccc23)cc1.c1ccc2c(c1)ccc1ccc(N(c3ccc4sc5c6ccccc6ccc5c4c3)c3ccc4oc5ccc6ccccc6c5c4c3)cc12. The van der Waals surface area contributed by atoms with Crippen molar-refractivity contribution < 1.29 is 15.7 Å². The minimum absolute atomic E-state index is 0.0856. The molecule has 0 unspecified atom stereocenters. The fourth-order valence-electron chi connectivity index (χ4n) is 22.8. The first-order valence-corrected chi connectivity index (χ1v) is 52.1. The third-order valence-electron chi connectivity index (χ3n) is 29.5. The summed E-state index contributed by atoms with van der Waals surface area (Å²) in [6, 6.07) is 164. The Morgan fingerprint density at radius 1 is 0.179 bits per heavy atom. The number of fused-ring (bicyclic) bond motifs is 36. The monoisotopic (exact) mass is 1920 g/mol. The van der Waals surface area contributed by atoms with Gasteiger partial charge in [-0.15, -0.1) is 45.3 Å². The molecule has 0 bridgehead atoms. The number of benzene rings is 26. The number of furan rings is 2. The lowest BCUT2D eigenvalue weighted by molar-refractivity contribution is 0.669. The molecule has 676 valence electrons. The zero-order valence-electron chi connectivity index (χ0n) is 82.7. The Labute approximate surface area is 854 Å². The van der Waals surface area contributed by atoms with Crippen LogP contribution in [0.1, 0.15) is 6.85 Å². The Hall–Kier alpha value is -17.8. The van der Waals surface area contributed by atoms with Crippen molar-refractivity contribution in [1.29, 1.82) is 0 Å².